The lowest BCUT2D eigenvalue weighted by molar-refractivity contribution is -0.275. The van der Waals surface area contributed by atoms with Gasteiger partial charge in [0.1, 0.15) is 17.2 Å². The number of H-pyrrole nitrogens is 2. The van der Waals surface area contributed by atoms with Crippen LogP contribution in [0.5, 0.6) is 11.5 Å². The van der Waals surface area contributed by atoms with E-state index in [1.165, 1.54) is 24.1 Å². The van der Waals surface area contributed by atoms with Crippen molar-refractivity contribution in [2.45, 2.75) is 19.5 Å². The van der Waals surface area contributed by atoms with Crippen LogP contribution < -0.4 is 20.7 Å². The van der Waals surface area contributed by atoms with Gasteiger partial charge in [-0.25, -0.2) is 4.79 Å². The van der Waals surface area contributed by atoms with Crippen molar-refractivity contribution in [1.82, 2.24) is 14.9 Å². The van der Waals surface area contributed by atoms with Crippen molar-refractivity contribution in [2.24, 2.45) is 0 Å². The highest BCUT2D eigenvalue weighted by molar-refractivity contribution is 5.92. The summed E-state index contributed by atoms with van der Waals surface area (Å²) in [6.07, 6.45) is -4.96. The molecule has 8 nitrogen and oxygen atoms in total. The lowest BCUT2D eigenvalue weighted by Gasteiger charge is -2.24. The first-order valence-corrected chi connectivity index (χ1v) is 9.24. The summed E-state index contributed by atoms with van der Waals surface area (Å²) in [6, 6.07) is 13.4. The molecule has 168 valence electrons. The molecule has 0 aliphatic carbocycles. The third-order valence-corrected chi connectivity index (χ3v) is 4.36. The molecule has 0 spiro atoms. The van der Waals surface area contributed by atoms with Crippen LogP contribution in [0.2, 0.25) is 0 Å². The topological polar surface area (TPSA) is 104 Å². The average Bonchev–Trinajstić information content (AvgIpc) is 2.72. The summed E-state index contributed by atoms with van der Waals surface area (Å²) in [5, 5.41) is 0. The summed E-state index contributed by atoms with van der Waals surface area (Å²) in [4.78, 5) is 41.7. The van der Waals surface area contributed by atoms with Crippen molar-refractivity contribution in [3.63, 3.8) is 0 Å². The molecule has 0 radical (unpaired) electrons. The Labute approximate surface area is 179 Å². The van der Waals surface area contributed by atoms with E-state index in [1.807, 2.05) is 4.98 Å². The van der Waals surface area contributed by atoms with E-state index in [1.54, 1.807) is 30.3 Å². The van der Waals surface area contributed by atoms with E-state index in [9.17, 15) is 27.6 Å². The number of hydrogen-bond donors (Lipinski definition) is 2. The summed E-state index contributed by atoms with van der Waals surface area (Å²) < 4.78 is 47.9. The van der Waals surface area contributed by atoms with Crippen LogP contribution in [0.3, 0.4) is 0 Å². The van der Waals surface area contributed by atoms with Crippen molar-refractivity contribution in [2.75, 3.05) is 7.11 Å². The molecular formula is C21H18F3N3O5. The van der Waals surface area contributed by atoms with Crippen LogP contribution >= 0.6 is 0 Å². The summed E-state index contributed by atoms with van der Waals surface area (Å²) in [5.41, 5.74) is -1.26. The Morgan fingerprint density at radius 1 is 1.00 bits per heavy atom. The number of carbonyl (C=O) groups excluding carboxylic acids is 1. The minimum atomic E-state index is -4.96. The van der Waals surface area contributed by atoms with Gasteiger partial charge in [-0.3, -0.25) is 14.6 Å². The Morgan fingerprint density at radius 3 is 2.34 bits per heavy atom. The van der Waals surface area contributed by atoms with Crippen LogP contribution in [0.1, 0.15) is 21.6 Å². The van der Waals surface area contributed by atoms with Gasteiger partial charge in [0.2, 0.25) is 0 Å². The molecule has 0 aliphatic rings. The number of hydrogen-bond acceptors (Lipinski definition) is 5. The largest absolute Gasteiger partial charge is 0.573 e. The zero-order valence-electron chi connectivity index (χ0n) is 16.7. The van der Waals surface area contributed by atoms with Gasteiger partial charge in [0.05, 0.1) is 13.7 Å². The predicted molar refractivity (Wildman–Crippen MR) is 107 cm³/mol. The Bertz CT molecular complexity index is 1180. The molecule has 0 saturated heterocycles. The molecular weight excluding hydrogens is 431 g/mol. The third kappa shape index (κ3) is 6.00. The molecule has 2 aromatic carbocycles. The fraction of sp³-hybridized carbons (Fsp3) is 0.190. The zero-order chi connectivity index (χ0) is 23.3. The number of nitrogens with one attached hydrogen (secondary N) is 2. The van der Waals surface area contributed by atoms with E-state index >= 15 is 0 Å². The normalized spacial score (nSPS) is 11.1. The number of nitrogens with zero attached hydrogens (tertiary/aromatic N) is 1. The van der Waals surface area contributed by atoms with E-state index in [0.717, 1.165) is 12.1 Å². The van der Waals surface area contributed by atoms with Gasteiger partial charge in [0.15, 0.2) is 0 Å². The fourth-order valence-corrected chi connectivity index (χ4v) is 2.98. The lowest BCUT2D eigenvalue weighted by atomic mass is 10.1. The number of ether oxygens (including phenoxy) is 2. The first kappa shape index (κ1) is 22.7. The lowest BCUT2D eigenvalue weighted by Crippen LogP contribution is -2.34. The number of rotatable bonds is 7. The Hall–Kier alpha value is -4.02. The summed E-state index contributed by atoms with van der Waals surface area (Å²) in [5.74, 6) is -1.17. The molecule has 0 saturated carbocycles. The van der Waals surface area contributed by atoms with Crippen molar-refractivity contribution in [1.29, 1.82) is 0 Å². The number of alkyl halides is 3. The van der Waals surface area contributed by atoms with E-state index in [4.69, 9.17) is 4.74 Å². The molecule has 0 unspecified atom stereocenters. The van der Waals surface area contributed by atoms with Gasteiger partial charge in [-0.15, -0.1) is 13.2 Å². The molecule has 32 heavy (non-hydrogen) atoms. The number of aromatic amines is 2. The third-order valence-electron chi connectivity index (χ3n) is 4.36. The monoisotopic (exact) mass is 449 g/mol. The molecule has 1 amide bonds. The molecule has 2 N–H and O–H groups in total. The van der Waals surface area contributed by atoms with E-state index in [0.29, 0.717) is 5.56 Å². The molecule has 3 rings (SSSR count). The number of amides is 1. The highest BCUT2D eigenvalue weighted by atomic mass is 19.4. The number of halogens is 3. The zero-order valence-corrected chi connectivity index (χ0v) is 16.7. The van der Waals surface area contributed by atoms with Crippen molar-refractivity contribution >= 4 is 5.91 Å². The van der Waals surface area contributed by atoms with Gasteiger partial charge in [-0.1, -0.05) is 30.3 Å². The van der Waals surface area contributed by atoms with E-state index in [2.05, 4.69) is 9.72 Å². The molecule has 3 aromatic rings. The highest BCUT2D eigenvalue weighted by Gasteiger charge is 2.33. The van der Waals surface area contributed by atoms with E-state index in [-0.39, 0.29) is 30.1 Å². The molecule has 0 aliphatic heterocycles. The second-order valence-electron chi connectivity index (χ2n) is 6.67. The molecule has 0 bridgehead atoms. The minimum absolute atomic E-state index is 0.00795. The standard InChI is InChI=1S/C21H18F3N3O5/c1-31-15-8-7-14(17(9-15)32-21(22,23)24)12-27(11-13-5-3-2-4-6-13)19(29)16-10-18(28)26-20(30)25-16/h2-10H,11-12H2,1H3,(H2,25,26,28,30). The van der Waals surface area contributed by atoms with Crippen LogP contribution in [0, 0.1) is 0 Å². The van der Waals surface area contributed by atoms with Crippen LogP contribution in [0.15, 0.2) is 64.2 Å². The Kier molecular flexibility index (Phi) is 6.67. The van der Waals surface area contributed by atoms with Crippen LogP contribution in [0.25, 0.3) is 0 Å². The van der Waals surface area contributed by atoms with Gasteiger partial charge in [0.25, 0.3) is 11.5 Å². The maximum absolute atomic E-state index is 13.1. The van der Waals surface area contributed by atoms with Crippen LogP contribution in [0.4, 0.5) is 13.2 Å². The van der Waals surface area contributed by atoms with Crippen LogP contribution in [-0.2, 0) is 13.1 Å². The van der Waals surface area contributed by atoms with Crippen LogP contribution in [-0.4, -0.2) is 34.2 Å². The van der Waals surface area contributed by atoms with Crippen molar-refractivity contribution < 1.29 is 27.4 Å². The first-order valence-electron chi connectivity index (χ1n) is 9.24. The average molecular weight is 449 g/mol. The van der Waals surface area contributed by atoms with Gasteiger partial charge in [0, 0.05) is 24.2 Å². The SMILES string of the molecule is COc1ccc(CN(Cc2ccccc2)C(=O)c2cc(=O)[nH]c(=O)[nH]2)c(OC(F)(F)F)c1. The molecule has 11 heteroatoms. The summed E-state index contributed by atoms with van der Waals surface area (Å²) in [7, 11) is 1.29. The maximum atomic E-state index is 13.1. The molecule has 1 heterocycles. The van der Waals surface area contributed by atoms with Gasteiger partial charge in [-0.2, -0.15) is 0 Å². The van der Waals surface area contributed by atoms with Gasteiger partial charge < -0.3 is 19.4 Å². The van der Waals surface area contributed by atoms with Crippen molar-refractivity contribution in [3.8, 4) is 11.5 Å². The van der Waals surface area contributed by atoms with E-state index < -0.39 is 29.3 Å². The highest BCUT2D eigenvalue weighted by Crippen LogP contribution is 2.31. The maximum Gasteiger partial charge on any atom is 0.573 e. The van der Waals surface area contributed by atoms with Gasteiger partial charge >= 0.3 is 12.1 Å². The number of aromatic nitrogens is 2. The molecule has 0 fully saturated rings. The first-order chi connectivity index (χ1) is 15.1. The Balaban J connectivity index is 2.01. The van der Waals surface area contributed by atoms with Gasteiger partial charge in [-0.05, 0) is 17.7 Å². The number of benzene rings is 2. The second-order valence-corrected chi connectivity index (χ2v) is 6.67. The molecule has 1 aromatic heterocycles. The minimum Gasteiger partial charge on any atom is -0.497 e. The van der Waals surface area contributed by atoms with Crippen molar-refractivity contribution in [3.05, 3.63) is 92.3 Å². The summed E-state index contributed by atoms with van der Waals surface area (Å²) in [6.45, 7) is -0.316. The smallest absolute Gasteiger partial charge is 0.497 e. The predicted octanol–water partition coefficient (Wildman–Crippen LogP) is 2.81. The Morgan fingerprint density at radius 2 is 1.72 bits per heavy atom. The fourth-order valence-electron chi connectivity index (χ4n) is 2.98. The second kappa shape index (κ2) is 9.41. The quantitative estimate of drug-likeness (QED) is 0.577. The summed E-state index contributed by atoms with van der Waals surface area (Å²) >= 11 is 0. The molecule has 0 atom stereocenters. The number of carbonyl (C=O) groups is 1. The number of methoxy groups -OCH3 is 1.